The van der Waals surface area contributed by atoms with E-state index in [0.717, 1.165) is 19.3 Å². The van der Waals surface area contributed by atoms with Gasteiger partial charge in [-0.1, -0.05) is 94.3 Å². The van der Waals surface area contributed by atoms with Crippen LogP contribution in [0.1, 0.15) is 77.6 Å². The van der Waals surface area contributed by atoms with Crippen molar-refractivity contribution in [2.45, 2.75) is 77.6 Å². The van der Waals surface area contributed by atoms with Gasteiger partial charge in [-0.25, -0.2) is 0 Å². The van der Waals surface area contributed by atoms with Crippen LogP contribution in [0, 0.1) is 17.2 Å². The molecule has 0 bridgehead atoms. The Balaban J connectivity index is 0.000000664. The van der Waals surface area contributed by atoms with E-state index in [9.17, 15) is 0 Å². The van der Waals surface area contributed by atoms with E-state index in [1.54, 1.807) is 0 Å². The number of hydrogen-bond donors (Lipinski definition) is 0. The first-order chi connectivity index (χ1) is 11.3. The molecule has 0 fully saturated rings. The number of rotatable bonds is 12. The molecule has 0 amide bonds. The molecule has 0 spiro atoms. The SMILES string of the molecule is C=CCCCCCCC(C#N)CCCCCC.c1ccccc1. The minimum atomic E-state index is 0.311. The van der Waals surface area contributed by atoms with Crippen molar-refractivity contribution < 1.29 is 0 Å². The Bertz CT molecular complexity index is 350. The van der Waals surface area contributed by atoms with Crippen molar-refractivity contribution in [1.82, 2.24) is 0 Å². The highest BCUT2D eigenvalue weighted by Crippen LogP contribution is 2.17. The Morgan fingerprint density at radius 1 is 0.826 bits per heavy atom. The zero-order chi connectivity index (χ0) is 17.0. The summed E-state index contributed by atoms with van der Waals surface area (Å²) in [7, 11) is 0. The molecule has 0 aliphatic heterocycles. The fourth-order valence-corrected chi connectivity index (χ4v) is 2.51. The molecule has 23 heavy (non-hydrogen) atoms. The molecule has 0 saturated heterocycles. The van der Waals surface area contributed by atoms with Gasteiger partial charge in [0.05, 0.1) is 6.07 Å². The molecule has 1 unspecified atom stereocenters. The van der Waals surface area contributed by atoms with E-state index in [-0.39, 0.29) is 0 Å². The topological polar surface area (TPSA) is 23.8 Å². The number of benzene rings is 1. The maximum absolute atomic E-state index is 9.06. The monoisotopic (exact) mass is 313 g/mol. The van der Waals surface area contributed by atoms with Crippen molar-refractivity contribution >= 4 is 0 Å². The average Bonchev–Trinajstić information content (AvgIpc) is 2.62. The molecular weight excluding hydrogens is 278 g/mol. The second kappa shape index (κ2) is 18.5. The van der Waals surface area contributed by atoms with Gasteiger partial charge in [-0.3, -0.25) is 0 Å². The van der Waals surface area contributed by atoms with E-state index in [1.165, 1.54) is 51.4 Å². The minimum Gasteiger partial charge on any atom is -0.198 e. The molecule has 1 heteroatoms. The van der Waals surface area contributed by atoms with E-state index >= 15 is 0 Å². The molecule has 0 radical (unpaired) electrons. The summed E-state index contributed by atoms with van der Waals surface area (Å²) >= 11 is 0. The summed E-state index contributed by atoms with van der Waals surface area (Å²) in [5, 5.41) is 9.06. The molecule has 0 aliphatic carbocycles. The van der Waals surface area contributed by atoms with Crippen LogP contribution in [0.25, 0.3) is 0 Å². The van der Waals surface area contributed by atoms with Crippen LogP contribution < -0.4 is 0 Å². The van der Waals surface area contributed by atoms with E-state index in [0.29, 0.717) is 5.92 Å². The van der Waals surface area contributed by atoms with Crippen LogP contribution in [0.4, 0.5) is 0 Å². The third-order valence-corrected chi connectivity index (χ3v) is 3.97. The fraction of sp³-hybridized carbons (Fsp3) is 0.591. The highest BCUT2D eigenvalue weighted by molar-refractivity contribution is 4.99. The first-order valence-electron chi connectivity index (χ1n) is 9.35. The lowest BCUT2D eigenvalue weighted by atomic mass is 9.96. The maximum Gasteiger partial charge on any atom is 0.0655 e. The Morgan fingerprint density at radius 2 is 1.30 bits per heavy atom. The van der Waals surface area contributed by atoms with Gasteiger partial charge < -0.3 is 0 Å². The summed E-state index contributed by atoms with van der Waals surface area (Å²) in [5.74, 6) is 0.311. The summed E-state index contributed by atoms with van der Waals surface area (Å²) in [6, 6.07) is 14.5. The van der Waals surface area contributed by atoms with Crippen LogP contribution in [0.15, 0.2) is 49.1 Å². The average molecular weight is 314 g/mol. The van der Waals surface area contributed by atoms with Gasteiger partial charge in [-0.2, -0.15) is 5.26 Å². The van der Waals surface area contributed by atoms with Gasteiger partial charge in [-0.15, -0.1) is 6.58 Å². The summed E-state index contributed by atoms with van der Waals surface area (Å²) in [6.45, 7) is 5.95. The normalized spacial score (nSPS) is 11.0. The van der Waals surface area contributed by atoms with Crippen LogP contribution in [0.5, 0.6) is 0 Å². The quantitative estimate of drug-likeness (QED) is 0.293. The second-order valence-electron chi connectivity index (χ2n) is 6.11. The number of unbranched alkanes of at least 4 members (excludes halogenated alkanes) is 7. The zero-order valence-electron chi connectivity index (χ0n) is 15.1. The van der Waals surface area contributed by atoms with E-state index < -0.39 is 0 Å². The summed E-state index contributed by atoms with van der Waals surface area (Å²) < 4.78 is 0. The molecular formula is C22H35N. The fourth-order valence-electron chi connectivity index (χ4n) is 2.51. The molecule has 0 aromatic heterocycles. The van der Waals surface area contributed by atoms with E-state index in [1.807, 2.05) is 42.5 Å². The maximum atomic E-state index is 9.06. The predicted octanol–water partition coefficient (Wildman–Crippen LogP) is 7.31. The van der Waals surface area contributed by atoms with Crippen LogP contribution in [0.3, 0.4) is 0 Å². The largest absolute Gasteiger partial charge is 0.198 e. The van der Waals surface area contributed by atoms with Crippen molar-refractivity contribution in [3.05, 3.63) is 49.1 Å². The zero-order valence-corrected chi connectivity index (χ0v) is 15.1. The van der Waals surface area contributed by atoms with Gasteiger partial charge in [0.15, 0.2) is 0 Å². The first kappa shape index (κ1) is 21.4. The summed E-state index contributed by atoms with van der Waals surface area (Å²) in [5.41, 5.74) is 0. The van der Waals surface area contributed by atoms with Gasteiger partial charge >= 0.3 is 0 Å². The molecule has 0 heterocycles. The van der Waals surface area contributed by atoms with Crippen molar-refractivity contribution in [2.75, 3.05) is 0 Å². The molecule has 1 nitrogen and oxygen atoms in total. The molecule has 1 aromatic carbocycles. The van der Waals surface area contributed by atoms with Gasteiger partial charge in [0.1, 0.15) is 0 Å². The Morgan fingerprint density at radius 3 is 1.74 bits per heavy atom. The van der Waals surface area contributed by atoms with E-state index in [2.05, 4.69) is 19.6 Å². The summed E-state index contributed by atoms with van der Waals surface area (Å²) in [4.78, 5) is 0. The number of nitriles is 1. The van der Waals surface area contributed by atoms with Crippen LogP contribution in [-0.2, 0) is 0 Å². The smallest absolute Gasteiger partial charge is 0.0655 e. The lowest BCUT2D eigenvalue weighted by molar-refractivity contribution is 0.479. The molecule has 1 atom stereocenters. The Kier molecular flexibility index (Phi) is 17.3. The van der Waals surface area contributed by atoms with Crippen molar-refractivity contribution in [1.29, 1.82) is 5.26 Å². The van der Waals surface area contributed by atoms with Crippen molar-refractivity contribution in [3.8, 4) is 6.07 Å². The predicted molar refractivity (Wildman–Crippen MR) is 102 cm³/mol. The van der Waals surface area contributed by atoms with Crippen molar-refractivity contribution in [2.24, 2.45) is 5.92 Å². The van der Waals surface area contributed by atoms with E-state index in [4.69, 9.17) is 5.26 Å². The molecule has 128 valence electrons. The summed E-state index contributed by atoms with van der Waals surface area (Å²) in [6.07, 6.45) is 15.5. The van der Waals surface area contributed by atoms with Gasteiger partial charge in [-0.05, 0) is 25.7 Å². The van der Waals surface area contributed by atoms with Crippen LogP contribution in [0.2, 0.25) is 0 Å². The third kappa shape index (κ3) is 16.6. The molecule has 1 rings (SSSR count). The number of allylic oxidation sites excluding steroid dienone is 1. The van der Waals surface area contributed by atoms with Crippen molar-refractivity contribution in [3.63, 3.8) is 0 Å². The minimum absolute atomic E-state index is 0.311. The number of hydrogen-bond acceptors (Lipinski definition) is 1. The van der Waals surface area contributed by atoms with Gasteiger partial charge in [0.2, 0.25) is 0 Å². The Hall–Kier alpha value is -1.55. The molecule has 0 saturated carbocycles. The highest BCUT2D eigenvalue weighted by Gasteiger charge is 2.06. The lowest BCUT2D eigenvalue weighted by Crippen LogP contribution is -1.97. The molecule has 0 N–H and O–H groups in total. The lowest BCUT2D eigenvalue weighted by Gasteiger charge is -2.08. The number of nitrogens with zero attached hydrogens (tertiary/aromatic N) is 1. The first-order valence-corrected chi connectivity index (χ1v) is 9.35. The third-order valence-electron chi connectivity index (χ3n) is 3.97. The second-order valence-corrected chi connectivity index (χ2v) is 6.11. The standard InChI is InChI=1S/C16H29N.C6H6/c1-3-5-7-9-10-12-14-16(15-17)13-11-8-6-4-2;1-2-4-6-5-3-1/h3,16H,1,4-14H2,2H3;1-6H. The van der Waals surface area contributed by atoms with Gasteiger partial charge in [0.25, 0.3) is 0 Å². The van der Waals surface area contributed by atoms with Crippen LogP contribution in [-0.4, -0.2) is 0 Å². The Labute approximate surface area is 144 Å². The van der Waals surface area contributed by atoms with Gasteiger partial charge in [0, 0.05) is 5.92 Å². The molecule has 0 aliphatic rings. The highest BCUT2D eigenvalue weighted by atomic mass is 14.3. The molecule has 1 aromatic rings. The van der Waals surface area contributed by atoms with Crippen LogP contribution >= 0.6 is 0 Å².